The predicted molar refractivity (Wildman–Crippen MR) is 114 cm³/mol. The van der Waals surface area contributed by atoms with Crippen LogP contribution >= 0.6 is 0 Å². The van der Waals surface area contributed by atoms with Crippen LogP contribution in [0.15, 0.2) is 23.3 Å². The van der Waals surface area contributed by atoms with E-state index >= 15 is 0 Å². The van der Waals surface area contributed by atoms with E-state index < -0.39 is 23.0 Å². The summed E-state index contributed by atoms with van der Waals surface area (Å²) >= 11 is 0. The molecule has 3 rings (SSSR count). The Morgan fingerprint density at radius 3 is 2.33 bits per heavy atom. The topological polar surface area (TPSA) is 69.7 Å². The summed E-state index contributed by atoms with van der Waals surface area (Å²) in [6.45, 7) is 15.8. The van der Waals surface area contributed by atoms with Crippen molar-refractivity contribution in [3.05, 3.63) is 23.3 Å². The highest BCUT2D eigenvalue weighted by molar-refractivity contribution is 5.97. The van der Waals surface area contributed by atoms with Crippen LogP contribution in [-0.2, 0) is 23.9 Å². The minimum Gasteiger partial charge on any atom is -0.462 e. The molecule has 0 saturated heterocycles. The Morgan fingerprint density at radius 2 is 1.80 bits per heavy atom. The summed E-state index contributed by atoms with van der Waals surface area (Å²) in [6.07, 6.45) is 3.35. The van der Waals surface area contributed by atoms with Crippen molar-refractivity contribution >= 4 is 17.7 Å². The normalized spacial score (nSPS) is 37.1. The quantitative estimate of drug-likeness (QED) is 0.482. The first-order valence-corrected chi connectivity index (χ1v) is 11.1. The molecule has 0 aromatic rings. The molecule has 166 valence electrons. The summed E-state index contributed by atoms with van der Waals surface area (Å²) in [5, 5.41) is 0. The van der Waals surface area contributed by atoms with Crippen molar-refractivity contribution in [2.24, 2.45) is 34.5 Å². The molecule has 2 saturated carbocycles. The molecule has 0 aromatic heterocycles. The van der Waals surface area contributed by atoms with Gasteiger partial charge in [0.15, 0.2) is 5.78 Å². The molecule has 0 spiro atoms. The number of allylic oxidation sites excluding steroid dienone is 3. The van der Waals surface area contributed by atoms with E-state index in [0.29, 0.717) is 18.4 Å². The summed E-state index contributed by atoms with van der Waals surface area (Å²) in [6, 6.07) is 0. The van der Waals surface area contributed by atoms with Gasteiger partial charge in [-0.1, -0.05) is 46.3 Å². The number of ether oxygens (including phenoxy) is 2. The fraction of sp³-hybridized carbons (Fsp3) is 0.720. The maximum absolute atomic E-state index is 13.1. The van der Waals surface area contributed by atoms with Crippen LogP contribution in [-0.4, -0.2) is 29.9 Å². The third-order valence-corrected chi connectivity index (χ3v) is 7.89. The zero-order valence-electron chi connectivity index (χ0n) is 19.6. The fourth-order valence-corrected chi connectivity index (χ4v) is 6.18. The molecule has 0 unspecified atom stereocenters. The largest absolute Gasteiger partial charge is 0.462 e. The highest BCUT2D eigenvalue weighted by Gasteiger charge is 2.74. The maximum Gasteiger partial charge on any atom is 0.333 e. The van der Waals surface area contributed by atoms with Gasteiger partial charge in [0.25, 0.3) is 0 Å². The molecule has 0 radical (unpaired) electrons. The van der Waals surface area contributed by atoms with Crippen molar-refractivity contribution in [3.8, 4) is 0 Å². The van der Waals surface area contributed by atoms with Crippen molar-refractivity contribution in [1.82, 2.24) is 0 Å². The van der Waals surface area contributed by atoms with Gasteiger partial charge in [0, 0.05) is 35.2 Å². The van der Waals surface area contributed by atoms with Gasteiger partial charge in [-0.15, -0.1) is 0 Å². The van der Waals surface area contributed by atoms with E-state index in [0.717, 1.165) is 5.57 Å². The molecule has 0 N–H and O–H groups in total. The second kappa shape index (κ2) is 7.65. The summed E-state index contributed by atoms with van der Waals surface area (Å²) < 4.78 is 12.0. The Labute approximate surface area is 180 Å². The van der Waals surface area contributed by atoms with Crippen LogP contribution in [0.4, 0.5) is 0 Å². The molecular formula is C25H36O5. The zero-order valence-corrected chi connectivity index (χ0v) is 19.6. The average Bonchev–Trinajstić information content (AvgIpc) is 2.72. The van der Waals surface area contributed by atoms with Crippen LogP contribution in [0.1, 0.15) is 68.2 Å². The maximum atomic E-state index is 13.1. The number of ketones is 1. The summed E-state index contributed by atoms with van der Waals surface area (Å²) in [5.74, 6) is -0.310. The van der Waals surface area contributed by atoms with Gasteiger partial charge in [0.1, 0.15) is 12.2 Å². The fourth-order valence-electron chi connectivity index (χ4n) is 6.18. The molecule has 0 amide bonds. The van der Waals surface area contributed by atoms with Gasteiger partial charge in [-0.25, -0.2) is 4.79 Å². The lowest BCUT2D eigenvalue weighted by molar-refractivity contribution is -0.202. The lowest BCUT2D eigenvalue weighted by Gasteiger charge is -2.65. The second-order valence-electron chi connectivity index (χ2n) is 10.6. The Bertz CT molecular complexity index is 817. The molecule has 0 aromatic carbocycles. The minimum atomic E-state index is -0.489. The van der Waals surface area contributed by atoms with Crippen LogP contribution in [0.3, 0.4) is 0 Å². The Balaban J connectivity index is 2.02. The summed E-state index contributed by atoms with van der Waals surface area (Å²) in [5.41, 5.74) is 0.709. The van der Waals surface area contributed by atoms with Gasteiger partial charge in [-0.05, 0) is 44.6 Å². The van der Waals surface area contributed by atoms with E-state index in [1.165, 1.54) is 0 Å². The highest BCUT2D eigenvalue weighted by Crippen LogP contribution is 2.72. The van der Waals surface area contributed by atoms with Crippen molar-refractivity contribution in [2.45, 2.75) is 80.4 Å². The molecule has 3 aliphatic carbocycles. The molecule has 0 aliphatic heterocycles. The average molecular weight is 417 g/mol. The van der Waals surface area contributed by atoms with Crippen LogP contribution in [0, 0.1) is 34.5 Å². The Kier molecular flexibility index (Phi) is 5.81. The van der Waals surface area contributed by atoms with Crippen molar-refractivity contribution in [2.75, 3.05) is 0 Å². The number of carbonyl (C=O) groups is 3. The number of esters is 2. The number of hydrogen-bond acceptors (Lipinski definition) is 5. The van der Waals surface area contributed by atoms with E-state index in [9.17, 15) is 14.4 Å². The van der Waals surface area contributed by atoms with Crippen molar-refractivity contribution in [1.29, 1.82) is 0 Å². The first kappa shape index (κ1) is 22.8. The Morgan fingerprint density at radius 1 is 1.17 bits per heavy atom. The number of carbonyl (C=O) groups excluding carboxylic acids is 3. The smallest absolute Gasteiger partial charge is 0.333 e. The van der Waals surface area contributed by atoms with Gasteiger partial charge in [0.2, 0.25) is 0 Å². The van der Waals surface area contributed by atoms with Crippen LogP contribution in [0.5, 0.6) is 0 Å². The van der Waals surface area contributed by atoms with E-state index in [-0.39, 0.29) is 41.4 Å². The minimum absolute atomic E-state index is 0.0726. The number of hydrogen-bond donors (Lipinski definition) is 0. The predicted octanol–water partition coefficient (Wildman–Crippen LogP) is 4.65. The van der Waals surface area contributed by atoms with Gasteiger partial charge in [0.05, 0.1) is 0 Å². The van der Waals surface area contributed by atoms with Crippen LogP contribution in [0.2, 0.25) is 0 Å². The molecule has 2 fully saturated rings. The monoisotopic (exact) mass is 416 g/mol. The van der Waals surface area contributed by atoms with Gasteiger partial charge >= 0.3 is 11.9 Å². The van der Waals surface area contributed by atoms with Gasteiger partial charge in [-0.3, -0.25) is 9.59 Å². The second-order valence-corrected chi connectivity index (χ2v) is 10.6. The molecule has 6 atom stereocenters. The first-order chi connectivity index (χ1) is 13.8. The van der Waals surface area contributed by atoms with Gasteiger partial charge in [-0.2, -0.15) is 0 Å². The van der Waals surface area contributed by atoms with E-state index in [1.807, 2.05) is 20.8 Å². The summed E-state index contributed by atoms with van der Waals surface area (Å²) in [7, 11) is 0. The zero-order chi connectivity index (χ0) is 22.6. The van der Waals surface area contributed by atoms with E-state index in [4.69, 9.17) is 9.47 Å². The van der Waals surface area contributed by atoms with E-state index in [1.54, 1.807) is 26.0 Å². The molecule has 0 heterocycles. The van der Waals surface area contributed by atoms with E-state index in [2.05, 4.69) is 20.8 Å². The standard InChI is InChI=1S/C25H36O5/c1-9-14(4)23(28)30-18-12-17(29-19(27)10-13(2)3)24(6,7)22-20-15(5)11-16(26)21(22)25(18,20)8/h9,11,13,17-18,20-22H,10,12H2,1-8H3/b14-9+/t17-,18-,20+,21-,22+,25-/m1/s1. The Hall–Kier alpha value is -1.91. The number of rotatable bonds is 5. The molecule has 30 heavy (non-hydrogen) atoms. The number of fused-ring (bicyclic) bond motifs is 1. The van der Waals surface area contributed by atoms with Crippen LogP contribution in [0.25, 0.3) is 0 Å². The highest BCUT2D eigenvalue weighted by atomic mass is 16.6. The third-order valence-electron chi connectivity index (χ3n) is 7.89. The lowest BCUT2D eigenvalue weighted by Crippen LogP contribution is -2.67. The van der Waals surface area contributed by atoms with Crippen LogP contribution < -0.4 is 0 Å². The molecular weight excluding hydrogens is 380 g/mol. The molecule has 5 nitrogen and oxygen atoms in total. The first-order valence-electron chi connectivity index (χ1n) is 11.1. The van der Waals surface area contributed by atoms with Crippen molar-refractivity contribution in [3.63, 3.8) is 0 Å². The van der Waals surface area contributed by atoms with Gasteiger partial charge < -0.3 is 9.47 Å². The summed E-state index contributed by atoms with van der Waals surface area (Å²) in [4.78, 5) is 38.3. The lowest BCUT2D eigenvalue weighted by atomic mass is 9.37. The SMILES string of the molecule is C/C=C(\C)C(=O)O[C@@H]1C[C@@H](OC(=O)CC(C)C)C(C)(C)[C@@H]2[C@H]3C(=O)C=C(C)[C@@H]2[C@]31C. The molecule has 4 bridgehead atoms. The third kappa shape index (κ3) is 3.34. The molecule has 3 aliphatic rings. The van der Waals surface area contributed by atoms with Crippen molar-refractivity contribution < 1.29 is 23.9 Å². The molecule has 5 heteroatoms.